The van der Waals surface area contributed by atoms with Gasteiger partial charge < -0.3 is 14.4 Å². The molecule has 0 aliphatic heterocycles. The molecule has 22 heavy (non-hydrogen) atoms. The van der Waals surface area contributed by atoms with Crippen LogP contribution >= 0.6 is 15.9 Å². The minimum atomic E-state index is -0.151. The van der Waals surface area contributed by atoms with Crippen molar-refractivity contribution in [3.63, 3.8) is 0 Å². The van der Waals surface area contributed by atoms with Gasteiger partial charge in [0.1, 0.15) is 11.4 Å². The smallest absolute Gasteiger partial charge is 0.173 e. The van der Waals surface area contributed by atoms with Crippen LogP contribution in [0.1, 0.15) is 5.56 Å². The van der Waals surface area contributed by atoms with E-state index in [4.69, 9.17) is 9.26 Å². The summed E-state index contributed by atoms with van der Waals surface area (Å²) in [4.78, 5) is 0. The van der Waals surface area contributed by atoms with E-state index in [1.165, 1.54) is 0 Å². The molecule has 4 nitrogen and oxygen atoms in total. The van der Waals surface area contributed by atoms with E-state index in [-0.39, 0.29) is 6.61 Å². The number of aliphatic hydroxyl groups is 1. The minimum absolute atomic E-state index is 0.151. The summed E-state index contributed by atoms with van der Waals surface area (Å²) in [5.41, 5.74) is 3.02. The summed E-state index contributed by atoms with van der Waals surface area (Å²) < 4.78 is 11.7. The van der Waals surface area contributed by atoms with Gasteiger partial charge in [-0.05, 0) is 24.3 Å². The lowest BCUT2D eigenvalue weighted by Crippen LogP contribution is -1.90. The molecule has 5 heteroatoms. The van der Waals surface area contributed by atoms with Crippen LogP contribution in [0.5, 0.6) is 5.75 Å². The van der Waals surface area contributed by atoms with Crippen LogP contribution in [0, 0.1) is 0 Å². The van der Waals surface area contributed by atoms with Crippen LogP contribution in [0.15, 0.2) is 57.5 Å². The molecule has 0 spiro atoms. The van der Waals surface area contributed by atoms with Gasteiger partial charge in [0.2, 0.25) is 0 Å². The topological polar surface area (TPSA) is 55.5 Å². The Morgan fingerprint density at radius 3 is 2.59 bits per heavy atom. The fourth-order valence-electron chi connectivity index (χ4n) is 2.28. The Morgan fingerprint density at radius 2 is 1.91 bits per heavy atom. The van der Waals surface area contributed by atoms with E-state index in [0.29, 0.717) is 17.0 Å². The van der Waals surface area contributed by atoms with E-state index in [0.717, 1.165) is 21.3 Å². The molecule has 1 N–H and O–H groups in total. The van der Waals surface area contributed by atoms with Gasteiger partial charge in [-0.25, -0.2) is 0 Å². The molecular formula is C17H14BrNO3. The van der Waals surface area contributed by atoms with Crippen LogP contribution in [-0.2, 0) is 6.61 Å². The predicted molar refractivity (Wildman–Crippen MR) is 87.5 cm³/mol. The lowest BCUT2D eigenvalue weighted by atomic mass is 10.0. The van der Waals surface area contributed by atoms with Gasteiger partial charge >= 0.3 is 0 Å². The Kier molecular flexibility index (Phi) is 4.27. The van der Waals surface area contributed by atoms with Gasteiger partial charge in [0.15, 0.2) is 5.76 Å². The minimum Gasteiger partial charge on any atom is -0.497 e. The first kappa shape index (κ1) is 14.8. The number of hydrogen-bond donors (Lipinski definition) is 1. The van der Waals surface area contributed by atoms with Crippen LogP contribution < -0.4 is 4.74 Å². The van der Waals surface area contributed by atoms with E-state index >= 15 is 0 Å². The summed E-state index contributed by atoms with van der Waals surface area (Å²) in [5.74, 6) is 1.28. The lowest BCUT2D eigenvalue weighted by Gasteiger charge is -2.04. The highest BCUT2D eigenvalue weighted by molar-refractivity contribution is 9.10. The van der Waals surface area contributed by atoms with Gasteiger partial charge in [-0.3, -0.25) is 0 Å². The van der Waals surface area contributed by atoms with E-state index in [1.54, 1.807) is 7.11 Å². The van der Waals surface area contributed by atoms with Crippen LogP contribution in [0.4, 0.5) is 0 Å². The number of aliphatic hydroxyl groups excluding tert-OH is 1. The molecule has 0 atom stereocenters. The van der Waals surface area contributed by atoms with Crippen molar-refractivity contribution < 1.29 is 14.4 Å². The third kappa shape index (κ3) is 2.77. The normalized spacial score (nSPS) is 10.7. The molecule has 0 aliphatic carbocycles. The van der Waals surface area contributed by atoms with Crippen LogP contribution in [0.3, 0.4) is 0 Å². The van der Waals surface area contributed by atoms with Gasteiger partial charge in [0.05, 0.1) is 19.3 Å². The monoisotopic (exact) mass is 359 g/mol. The van der Waals surface area contributed by atoms with Crippen molar-refractivity contribution in [3.05, 3.63) is 58.6 Å². The molecule has 1 aromatic heterocycles. The lowest BCUT2D eigenvalue weighted by molar-refractivity contribution is 0.281. The van der Waals surface area contributed by atoms with E-state index in [9.17, 15) is 5.11 Å². The molecule has 0 saturated carbocycles. The average molecular weight is 360 g/mol. The third-order valence-corrected chi connectivity index (χ3v) is 3.92. The molecule has 0 fully saturated rings. The fraction of sp³-hybridized carbons (Fsp3) is 0.118. The Morgan fingerprint density at radius 1 is 1.14 bits per heavy atom. The van der Waals surface area contributed by atoms with Crippen LogP contribution in [0.2, 0.25) is 0 Å². The molecule has 1 heterocycles. The van der Waals surface area contributed by atoms with Crippen molar-refractivity contribution in [1.29, 1.82) is 0 Å². The maximum atomic E-state index is 9.75. The van der Waals surface area contributed by atoms with Crippen molar-refractivity contribution in [3.8, 4) is 28.3 Å². The summed E-state index contributed by atoms with van der Waals surface area (Å²) in [6.45, 7) is -0.151. The van der Waals surface area contributed by atoms with Crippen LogP contribution in [0.25, 0.3) is 22.6 Å². The van der Waals surface area contributed by atoms with Crippen molar-refractivity contribution in [2.75, 3.05) is 7.11 Å². The number of nitrogens with zero attached hydrogens (tertiary/aromatic N) is 1. The quantitative estimate of drug-likeness (QED) is 0.755. The molecule has 0 radical (unpaired) electrons. The molecule has 0 saturated heterocycles. The molecule has 0 bridgehead atoms. The van der Waals surface area contributed by atoms with Crippen LogP contribution in [-0.4, -0.2) is 17.4 Å². The zero-order valence-electron chi connectivity index (χ0n) is 11.9. The number of rotatable bonds is 4. The second kappa shape index (κ2) is 6.34. The van der Waals surface area contributed by atoms with Gasteiger partial charge in [-0.1, -0.05) is 45.4 Å². The zero-order valence-corrected chi connectivity index (χ0v) is 13.5. The zero-order chi connectivity index (χ0) is 15.5. The number of benzene rings is 2. The molecule has 0 amide bonds. The predicted octanol–water partition coefficient (Wildman–Crippen LogP) is 4.27. The van der Waals surface area contributed by atoms with Gasteiger partial charge in [0, 0.05) is 15.6 Å². The van der Waals surface area contributed by atoms with Gasteiger partial charge in [-0.15, -0.1) is 0 Å². The SMILES string of the molecule is COc1cccc(-c2onc(-c3ccc(Br)cc3)c2CO)c1. The Balaban J connectivity index is 2.08. The number of methoxy groups -OCH3 is 1. The standard InChI is InChI=1S/C17H14BrNO3/c1-21-14-4-2-3-12(9-14)17-15(10-20)16(19-22-17)11-5-7-13(18)8-6-11/h2-9,20H,10H2,1H3. The second-order valence-electron chi connectivity index (χ2n) is 4.74. The first-order valence-electron chi connectivity index (χ1n) is 6.72. The molecule has 2 aromatic carbocycles. The first-order chi connectivity index (χ1) is 10.7. The summed E-state index contributed by atoms with van der Waals surface area (Å²) in [7, 11) is 1.61. The third-order valence-electron chi connectivity index (χ3n) is 3.40. The second-order valence-corrected chi connectivity index (χ2v) is 5.65. The highest BCUT2D eigenvalue weighted by Gasteiger charge is 2.18. The summed E-state index contributed by atoms with van der Waals surface area (Å²) in [5, 5.41) is 13.9. The summed E-state index contributed by atoms with van der Waals surface area (Å²) in [6.07, 6.45) is 0. The Hall–Kier alpha value is -2.11. The number of hydrogen-bond acceptors (Lipinski definition) is 4. The maximum Gasteiger partial charge on any atom is 0.173 e. The largest absolute Gasteiger partial charge is 0.497 e. The van der Waals surface area contributed by atoms with Crippen molar-refractivity contribution >= 4 is 15.9 Å². The molecule has 0 aliphatic rings. The molecule has 3 rings (SSSR count). The number of ether oxygens (including phenoxy) is 1. The van der Waals surface area contributed by atoms with Crippen molar-refractivity contribution in [1.82, 2.24) is 5.16 Å². The van der Waals surface area contributed by atoms with E-state index in [2.05, 4.69) is 21.1 Å². The maximum absolute atomic E-state index is 9.75. The number of halogens is 1. The first-order valence-corrected chi connectivity index (χ1v) is 7.52. The van der Waals surface area contributed by atoms with E-state index in [1.807, 2.05) is 48.5 Å². The highest BCUT2D eigenvalue weighted by atomic mass is 79.9. The summed E-state index contributed by atoms with van der Waals surface area (Å²) in [6, 6.07) is 15.2. The Labute approximate surface area is 136 Å². The molecule has 0 unspecified atom stereocenters. The van der Waals surface area contributed by atoms with Crippen molar-refractivity contribution in [2.45, 2.75) is 6.61 Å². The molecular weight excluding hydrogens is 346 g/mol. The van der Waals surface area contributed by atoms with Gasteiger partial charge in [0.25, 0.3) is 0 Å². The highest BCUT2D eigenvalue weighted by Crippen LogP contribution is 2.34. The summed E-state index contributed by atoms with van der Waals surface area (Å²) >= 11 is 3.40. The average Bonchev–Trinajstić information content (AvgIpc) is 2.99. The molecule has 3 aromatic rings. The Bertz CT molecular complexity index is 781. The van der Waals surface area contributed by atoms with Gasteiger partial charge in [-0.2, -0.15) is 0 Å². The van der Waals surface area contributed by atoms with Crippen molar-refractivity contribution in [2.24, 2.45) is 0 Å². The molecule has 112 valence electrons. The fourth-order valence-corrected chi connectivity index (χ4v) is 2.55. The number of aromatic nitrogens is 1. The van der Waals surface area contributed by atoms with E-state index < -0.39 is 0 Å².